The first kappa shape index (κ1) is 14.7. The van der Waals surface area contributed by atoms with Gasteiger partial charge >= 0.3 is 0 Å². The van der Waals surface area contributed by atoms with E-state index in [4.69, 9.17) is 4.74 Å². The van der Waals surface area contributed by atoms with E-state index in [0.717, 1.165) is 51.0 Å². The zero-order valence-electron chi connectivity index (χ0n) is 10.9. The summed E-state index contributed by atoms with van der Waals surface area (Å²) in [5, 5.41) is 19.6. The predicted molar refractivity (Wildman–Crippen MR) is 68.8 cm³/mol. The van der Waals surface area contributed by atoms with Crippen molar-refractivity contribution in [1.82, 2.24) is 15.4 Å². The highest BCUT2D eigenvalue weighted by Crippen LogP contribution is 2.01. The van der Waals surface area contributed by atoms with Crippen molar-refractivity contribution in [3.05, 3.63) is 11.9 Å². The number of ether oxygens (including phenoxy) is 1. The van der Waals surface area contributed by atoms with Crippen LogP contribution in [0.3, 0.4) is 0 Å². The molecule has 2 N–H and O–H groups in total. The molecule has 100 valence electrons. The van der Waals surface area contributed by atoms with Crippen LogP contribution in [0.25, 0.3) is 0 Å². The quantitative estimate of drug-likeness (QED) is 0.513. The normalized spacial score (nSPS) is 11.9. The second-order valence-electron chi connectivity index (χ2n) is 4.09. The molecule has 1 unspecified atom stereocenters. The number of aliphatic hydroxyl groups excluding tert-OH is 1. The van der Waals surface area contributed by atoms with Gasteiger partial charge in [0.25, 0.3) is 0 Å². The van der Waals surface area contributed by atoms with E-state index >= 15 is 0 Å². The summed E-state index contributed by atoms with van der Waals surface area (Å²) in [5.41, 5.74) is 0.972. The van der Waals surface area contributed by atoms with E-state index in [0.29, 0.717) is 0 Å². The molecule has 1 atom stereocenters. The minimum absolute atomic E-state index is 0.484. The second-order valence-corrected chi connectivity index (χ2v) is 4.09. The Hall–Kier alpha value is -1.38. The first-order valence-corrected chi connectivity index (χ1v) is 6.36. The lowest BCUT2D eigenvalue weighted by molar-refractivity contribution is 0.124. The third-order valence-corrected chi connectivity index (χ3v) is 2.52. The number of aryl methyl sites for hydroxylation is 1. The Morgan fingerprint density at radius 2 is 2.22 bits per heavy atom. The Labute approximate surface area is 108 Å². The average Bonchev–Trinajstić information content (AvgIpc) is 2.86. The molecule has 5 heteroatoms. The lowest BCUT2D eigenvalue weighted by atomic mass is 10.1. The Morgan fingerprint density at radius 1 is 1.39 bits per heavy atom. The van der Waals surface area contributed by atoms with Gasteiger partial charge in [0.15, 0.2) is 0 Å². The van der Waals surface area contributed by atoms with Crippen LogP contribution >= 0.6 is 0 Å². The molecule has 0 amide bonds. The molecule has 0 saturated carbocycles. The van der Waals surface area contributed by atoms with E-state index in [9.17, 15) is 5.11 Å². The fraction of sp³-hybridized carbons (Fsp3) is 0.692. The van der Waals surface area contributed by atoms with Gasteiger partial charge < -0.3 is 9.84 Å². The highest BCUT2D eigenvalue weighted by atomic mass is 16.5. The monoisotopic (exact) mass is 251 g/mol. The number of hydrogen-bond acceptors (Lipinski definition) is 4. The van der Waals surface area contributed by atoms with Crippen LogP contribution in [-0.4, -0.2) is 39.8 Å². The minimum Gasteiger partial charge on any atom is -0.381 e. The third-order valence-electron chi connectivity index (χ3n) is 2.52. The molecular weight excluding hydrogens is 230 g/mol. The van der Waals surface area contributed by atoms with Gasteiger partial charge in [-0.15, -0.1) is 11.0 Å². The number of hydrogen-bond donors (Lipinski definition) is 2. The smallest absolute Gasteiger partial charge is 0.114 e. The molecule has 5 nitrogen and oxygen atoms in total. The Balaban J connectivity index is 1.85. The van der Waals surface area contributed by atoms with E-state index in [2.05, 4.69) is 27.3 Å². The van der Waals surface area contributed by atoms with Crippen LogP contribution in [0.1, 0.15) is 38.3 Å². The molecule has 1 rings (SSSR count). The largest absolute Gasteiger partial charge is 0.381 e. The predicted octanol–water partition coefficient (Wildman–Crippen LogP) is 1.31. The first-order chi connectivity index (χ1) is 8.83. The van der Waals surface area contributed by atoms with Crippen molar-refractivity contribution >= 4 is 0 Å². The standard InChI is InChI=1S/C13H21N3O2/c1-2-6-13(17)8-3-4-9-18-10-5-7-12-11-14-16-15-12/h11,13,17H,3-5,7-10H2,1H3,(H,14,15,16). The number of aliphatic hydroxyl groups is 1. The number of aromatic amines is 1. The maximum atomic E-state index is 9.37. The van der Waals surface area contributed by atoms with Crippen LogP contribution in [0, 0.1) is 11.8 Å². The fourth-order valence-electron chi connectivity index (χ4n) is 1.59. The van der Waals surface area contributed by atoms with Crippen LogP contribution in [0.4, 0.5) is 0 Å². The molecular formula is C13H21N3O2. The number of unbranched alkanes of at least 4 members (excludes halogenated alkanes) is 1. The van der Waals surface area contributed by atoms with Gasteiger partial charge in [0, 0.05) is 19.4 Å². The van der Waals surface area contributed by atoms with Crippen molar-refractivity contribution in [3.63, 3.8) is 0 Å². The number of rotatable bonds is 9. The lowest BCUT2D eigenvalue weighted by Crippen LogP contribution is -2.04. The molecule has 0 bridgehead atoms. The van der Waals surface area contributed by atoms with E-state index < -0.39 is 6.10 Å². The Bertz CT molecular complexity index is 354. The molecule has 0 aliphatic rings. The summed E-state index contributed by atoms with van der Waals surface area (Å²) in [5.74, 6) is 5.43. The van der Waals surface area contributed by atoms with Crippen LogP contribution in [-0.2, 0) is 11.2 Å². The number of aromatic nitrogens is 3. The van der Waals surface area contributed by atoms with Crippen molar-refractivity contribution in [1.29, 1.82) is 0 Å². The molecule has 1 aromatic heterocycles. The molecule has 1 heterocycles. The SMILES string of the molecule is CC#CC(O)CCCCOCCCc1c[nH]nn1. The maximum Gasteiger partial charge on any atom is 0.114 e. The van der Waals surface area contributed by atoms with Gasteiger partial charge in [0.1, 0.15) is 6.10 Å². The summed E-state index contributed by atoms with van der Waals surface area (Å²) in [6.07, 6.45) is 5.80. The van der Waals surface area contributed by atoms with Gasteiger partial charge in [-0.25, -0.2) is 0 Å². The summed E-state index contributed by atoms with van der Waals surface area (Å²) in [4.78, 5) is 0. The van der Waals surface area contributed by atoms with Gasteiger partial charge in [-0.3, -0.25) is 5.10 Å². The van der Waals surface area contributed by atoms with Crippen molar-refractivity contribution in [3.8, 4) is 11.8 Å². The van der Waals surface area contributed by atoms with E-state index in [1.807, 2.05) is 0 Å². The lowest BCUT2D eigenvalue weighted by Gasteiger charge is -2.04. The van der Waals surface area contributed by atoms with Gasteiger partial charge in [-0.1, -0.05) is 11.1 Å². The van der Waals surface area contributed by atoms with Gasteiger partial charge in [-0.05, 0) is 39.0 Å². The van der Waals surface area contributed by atoms with Crippen molar-refractivity contribution < 1.29 is 9.84 Å². The highest BCUT2D eigenvalue weighted by Gasteiger charge is 1.99. The highest BCUT2D eigenvalue weighted by molar-refractivity contribution is 5.01. The molecule has 0 radical (unpaired) electrons. The Morgan fingerprint density at radius 3 is 2.94 bits per heavy atom. The summed E-state index contributed by atoms with van der Waals surface area (Å²) in [6.45, 7) is 3.22. The summed E-state index contributed by atoms with van der Waals surface area (Å²) in [7, 11) is 0. The molecule has 0 saturated heterocycles. The van der Waals surface area contributed by atoms with Crippen LogP contribution in [0.2, 0.25) is 0 Å². The molecule has 18 heavy (non-hydrogen) atoms. The topological polar surface area (TPSA) is 71.0 Å². The fourth-order valence-corrected chi connectivity index (χ4v) is 1.59. The minimum atomic E-state index is -0.484. The molecule has 0 aliphatic carbocycles. The van der Waals surface area contributed by atoms with Crippen molar-refractivity contribution in [2.24, 2.45) is 0 Å². The number of nitrogens with one attached hydrogen (secondary N) is 1. The summed E-state index contributed by atoms with van der Waals surface area (Å²) in [6, 6.07) is 0. The Kier molecular flexibility index (Phi) is 7.85. The van der Waals surface area contributed by atoms with Crippen molar-refractivity contribution in [2.75, 3.05) is 13.2 Å². The average molecular weight is 251 g/mol. The molecule has 0 aliphatic heterocycles. The maximum absolute atomic E-state index is 9.37. The molecule has 1 aromatic rings. The zero-order valence-corrected chi connectivity index (χ0v) is 10.9. The second kappa shape index (κ2) is 9.63. The molecule has 0 spiro atoms. The number of nitrogens with zero attached hydrogens (tertiary/aromatic N) is 2. The van der Waals surface area contributed by atoms with Crippen LogP contribution in [0.5, 0.6) is 0 Å². The molecule has 0 fully saturated rings. The van der Waals surface area contributed by atoms with Crippen LogP contribution in [0.15, 0.2) is 6.20 Å². The summed E-state index contributed by atoms with van der Waals surface area (Å²) < 4.78 is 5.50. The van der Waals surface area contributed by atoms with E-state index in [-0.39, 0.29) is 0 Å². The van der Waals surface area contributed by atoms with E-state index in [1.54, 1.807) is 13.1 Å². The van der Waals surface area contributed by atoms with Gasteiger partial charge in [0.05, 0.1) is 5.69 Å². The van der Waals surface area contributed by atoms with Crippen LogP contribution < -0.4 is 0 Å². The van der Waals surface area contributed by atoms with Gasteiger partial charge in [-0.2, -0.15) is 0 Å². The third kappa shape index (κ3) is 7.05. The first-order valence-electron chi connectivity index (χ1n) is 6.36. The van der Waals surface area contributed by atoms with E-state index in [1.165, 1.54) is 0 Å². The van der Waals surface area contributed by atoms with Crippen molar-refractivity contribution in [2.45, 2.75) is 45.1 Å². The van der Waals surface area contributed by atoms with Gasteiger partial charge in [0.2, 0.25) is 0 Å². The number of H-pyrrole nitrogens is 1. The zero-order chi connectivity index (χ0) is 13.1. The molecule has 0 aromatic carbocycles. The summed E-state index contributed by atoms with van der Waals surface area (Å²) >= 11 is 0.